The first-order chi connectivity index (χ1) is 17.4. The predicted octanol–water partition coefficient (Wildman–Crippen LogP) is 4.06. The summed E-state index contributed by atoms with van der Waals surface area (Å²) < 4.78 is 25.4. The molecule has 3 aromatic rings. The lowest BCUT2D eigenvalue weighted by molar-refractivity contribution is 0.0783. The van der Waals surface area contributed by atoms with Gasteiger partial charge in [-0.1, -0.05) is 31.2 Å². The molecule has 0 radical (unpaired) electrons. The van der Waals surface area contributed by atoms with Gasteiger partial charge < -0.3 is 29.9 Å². The number of ether oxygens (including phenoxy) is 2. The molecular weight excluding hydrogens is 465 g/mol. The summed E-state index contributed by atoms with van der Waals surface area (Å²) in [5.41, 5.74) is 1.21. The number of benzene rings is 2. The highest BCUT2D eigenvalue weighted by atomic mass is 19.1. The molecule has 9 heteroatoms. The van der Waals surface area contributed by atoms with Gasteiger partial charge in [0.05, 0.1) is 31.0 Å². The number of aromatic hydroxyl groups is 2. The zero-order chi connectivity index (χ0) is 25.8. The fourth-order valence-electron chi connectivity index (χ4n) is 4.70. The van der Waals surface area contributed by atoms with Crippen LogP contribution in [0.3, 0.4) is 0 Å². The van der Waals surface area contributed by atoms with Gasteiger partial charge in [0.25, 0.3) is 5.91 Å². The predicted molar refractivity (Wildman–Crippen MR) is 133 cm³/mol. The van der Waals surface area contributed by atoms with Crippen molar-refractivity contribution in [3.63, 3.8) is 0 Å². The third kappa shape index (κ3) is 4.66. The number of aromatic nitrogens is 1. The molecule has 2 aromatic carbocycles. The van der Waals surface area contributed by atoms with Crippen molar-refractivity contribution >= 4 is 5.91 Å². The SMILES string of the molecule is CCNCc1nc(O)c(C(=O)N2CCC(c3ccccc3F)C2)c(O)c1-c1c(OC)cccc1OC. The summed E-state index contributed by atoms with van der Waals surface area (Å²) >= 11 is 0. The minimum absolute atomic E-state index is 0.186. The first-order valence-corrected chi connectivity index (χ1v) is 11.8. The number of nitrogens with one attached hydrogen (secondary N) is 1. The lowest BCUT2D eigenvalue weighted by atomic mass is 9.97. The molecule has 36 heavy (non-hydrogen) atoms. The molecule has 1 aliphatic heterocycles. The highest BCUT2D eigenvalue weighted by Gasteiger charge is 2.35. The molecule has 1 unspecified atom stereocenters. The molecule has 190 valence electrons. The van der Waals surface area contributed by atoms with Crippen LogP contribution in [0, 0.1) is 5.82 Å². The lowest BCUT2D eigenvalue weighted by Crippen LogP contribution is -2.29. The van der Waals surface area contributed by atoms with Gasteiger partial charge >= 0.3 is 0 Å². The van der Waals surface area contributed by atoms with E-state index >= 15 is 0 Å². The smallest absolute Gasteiger partial charge is 0.263 e. The van der Waals surface area contributed by atoms with Crippen LogP contribution in [0.25, 0.3) is 11.1 Å². The number of amides is 1. The Hall–Kier alpha value is -3.85. The van der Waals surface area contributed by atoms with Gasteiger partial charge in [-0.3, -0.25) is 4.79 Å². The monoisotopic (exact) mass is 495 g/mol. The lowest BCUT2D eigenvalue weighted by Gasteiger charge is -2.22. The highest BCUT2D eigenvalue weighted by Crippen LogP contribution is 2.47. The van der Waals surface area contributed by atoms with Gasteiger partial charge in [0.15, 0.2) is 0 Å². The van der Waals surface area contributed by atoms with Gasteiger partial charge in [0.2, 0.25) is 5.88 Å². The van der Waals surface area contributed by atoms with Crippen molar-refractivity contribution in [3.05, 3.63) is 65.1 Å². The van der Waals surface area contributed by atoms with Crippen LogP contribution < -0.4 is 14.8 Å². The molecule has 1 fully saturated rings. The number of nitrogens with zero attached hydrogens (tertiary/aromatic N) is 2. The maximum absolute atomic E-state index is 14.3. The van der Waals surface area contributed by atoms with E-state index in [4.69, 9.17) is 9.47 Å². The molecule has 3 N–H and O–H groups in total. The standard InChI is InChI=1S/C27H30FN3O5/c1-4-29-14-19-22(23-20(35-2)10-7-11-21(23)36-3)25(32)24(26(33)30-19)27(34)31-13-12-16(15-31)17-8-5-6-9-18(17)28/h5-11,16,29H,4,12-15H2,1-3H3,(H2,30,32,33). The van der Waals surface area contributed by atoms with E-state index in [0.717, 1.165) is 0 Å². The van der Waals surface area contributed by atoms with E-state index in [1.807, 2.05) is 6.92 Å². The topological polar surface area (TPSA) is 104 Å². The van der Waals surface area contributed by atoms with E-state index < -0.39 is 17.5 Å². The maximum atomic E-state index is 14.3. The number of hydrogen-bond donors (Lipinski definition) is 3. The Bertz CT molecular complexity index is 1240. The largest absolute Gasteiger partial charge is 0.506 e. The number of halogens is 1. The third-order valence-corrected chi connectivity index (χ3v) is 6.48. The summed E-state index contributed by atoms with van der Waals surface area (Å²) in [6.45, 7) is 3.37. The van der Waals surface area contributed by atoms with Gasteiger partial charge in [-0.15, -0.1) is 0 Å². The van der Waals surface area contributed by atoms with Gasteiger partial charge in [-0.05, 0) is 36.7 Å². The Morgan fingerprint density at radius 3 is 2.44 bits per heavy atom. The molecule has 4 rings (SSSR count). The molecule has 0 bridgehead atoms. The normalized spacial score (nSPS) is 15.2. The number of likely N-dealkylation sites (tertiary alicyclic amines) is 1. The van der Waals surface area contributed by atoms with Crippen LogP contribution in [0.1, 0.15) is 40.9 Å². The van der Waals surface area contributed by atoms with Crippen LogP contribution in [0.5, 0.6) is 23.1 Å². The average Bonchev–Trinajstić information content (AvgIpc) is 3.37. The minimum atomic E-state index is -0.582. The number of hydrogen-bond acceptors (Lipinski definition) is 7. The molecule has 0 spiro atoms. The highest BCUT2D eigenvalue weighted by molar-refractivity contribution is 6.02. The molecule has 1 aromatic heterocycles. The van der Waals surface area contributed by atoms with Crippen molar-refractivity contribution in [1.82, 2.24) is 15.2 Å². The Morgan fingerprint density at radius 2 is 1.81 bits per heavy atom. The van der Waals surface area contributed by atoms with Crippen molar-refractivity contribution in [2.24, 2.45) is 0 Å². The van der Waals surface area contributed by atoms with Crippen molar-refractivity contribution in [3.8, 4) is 34.3 Å². The summed E-state index contributed by atoms with van der Waals surface area (Å²) in [7, 11) is 2.98. The maximum Gasteiger partial charge on any atom is 0.263 e. The zero-order valence-electron chi connectivity index (χ0n) is 20.5. The van der Waals surface area contributed by atoms with E-state index in [1.165, 1.54) is 25.2 Å². The number of carbonyl (C=O) groups excluding carboxylic acids is 1. The van der Waals surface area contributed by atoms with E-state index in [2.05, 4.69) is 10.3 Å². The van der Waals surface area contributed by atoms with Gasteiger partial charge in [0, 0.05) is 25.6 Å². The van der Waals surface area contributed by atoms with Crippen LogP contribution in [0.2, 0.25) is 0 Å². The average molecular weight is 496 g/mol. The summed E-state index contributed by atoms with van der Waals surface area (Å²) in [6, 6.07) is 11.7. The molecule has 2 heterocycles. The van der Waals surface area contributed by atoms with E-state index in [1.54, 1.807) is 36.4 Å². The van der Waals surface area contributed by atoms with E-state index in [9.17, 15) is 19.4 Å². The van der Waals surface area contributed by atoms with Crippen LogP contribution in [0.15, 0.2) is 42.5 Å². The van der Waals surface area contributed by atoms with Gasteiger partial charge in [-0.25, -0.2) is 9.37 Å². The second-order valence-corrected chi connectivity index (χ2v) is 8.56. The quantitative estimate of drug-likeness (QED) is 0.433. The second-order valence-electron chi connectivity index (χ2n) is 8.56. The molecule has 0 saturated carbocycles. The Balaban J connectivity index is 1.79. The van der Waals surface area contributed by atoms with E-state index in [-0.39, 0.29) is 36.0 Å². The summed E-state index contributed by atoms with van der Waals surface area (Å²) in [6.07, 6.45) is 0.563. The van der Waals surface area contributed by atoms with Crippen molar-refractivity contribution < 1.29 is 28.9 Å². The number of carbonyl (C=O) groups is 1. The zero-order valence-corrected chi connectivity index (χ0v) is 20.5. The number of rotatable bonds is 8. The van der Waals surface area contributed by atoms with Gasteiger partial charge in [-0.2, -0.15) is 0 Å². The number of methoxy groups -OCH3 is 2. The molecule has 8 nitrogen and oxygen atoms in total. The van der Waals surface area contributed by atoms with Crippen molar-refractivity contribution in [2.75, 3.05) is 33.9 Å². The van der Waals surface area contributed by atoms with E-state index in [0.29, 0.717) is 47.8 Å². The molecule has 0 aliphatic carbocycles. The third-order valence-electron chi connectivity index (χ3n) is 6.48. The van der Waals surface area contributed by atoms with Crippen molar-refractivity contribution in [1.29, 1.82) is 0 Å². The fourth-order valence-corrected chi connectivity index (χ4v) is 4.70. The molecule has 1 saturated heterocycles. The second kappa shape index (κ2) is 10.8. The first kappa shape index (κ1) is 25.2. The molecule has 1 aliphatic rings. The summed E-state index contributed by atoms with van der Waals surface area (Å²) in [5, 5.41) is 25.4. The minimum Gasteiger partial charge on any atom is -0.506 e. The first-order valence-electron chi connectivity index (χ1n) is 11.8. The molecule has 1 amide bonds. The van der Waals surface area contributed by atoms with Crippen LogP contribution in [-0.2, 0) is 6.54 Å². The molecule has 1 atom stereocenters. The van der Waals surface area contributed by atoms with Crippen LogP contribution in [0.4, 0.5) is 4.39 Å². The summed E-state index contributed by atoms with van der Waals surface area (Å²) in [4.78, 5) is 19.4. The van der Waals surface area contributed by atoms with Crippen LogP contribution >= 0.6 is 0 Å². The fraction of sp³-hybridized carbons (Fsp3) is 0.333. The number of pyridine rings is 1. The Labute approximate surface area is 209 Å². The van der Waals surface area contributed by atoms with Crippen LogP contribution in [-0.4, -0.2) is 59.9 Å². The Kier molecular flexibility index (Phi) is 7.59. The van der Waals surface area contributed by atoms with Gasteiger partial charge in [0.1, 0.15) is 28.6 Å². The molecular formula is C27H30FN3O5. The van der Waals surface area contributed by atoms with Crippen molar-refractivity contribution in [2.45, 2.75) is 25.8 Å². The Morgan fingerprint density at radius 1 is 1.11 bits per heavy atom. The summed E-state index contributed by atoms with van der Waals surface area (Å²) in [5.74, 6) is -1.25.